The van der Waals surface area contributed by atoms with Gasteiger partial charge in [-0.2, -0.15) is 0 Å². The first-order valence-corrected chi connectivity index (χ1v) is 5.59. The van der Waals surface area contributed by atoms with E-state index in [0.29, 0.717) is 0 Å². The van der Waals surface area contributed by atoms with Crippen LogP contribution in [0.15, 0.2) is 18.2 Å². The van der Waals surface area contributed by atoms with Crippen molar-refractivity contribution in [2.45, 2.75) is 32.7 Å². The van der Waals surface area contributed by atoms with E-state index in [1.807, 2.05) is 0 Å². The third-order valence-electron chi connectivity index (χ3n) is 3.21. The van der Waals surface area contributed by atoms with E-state index < -0.39 is 0 Å². The summed E-state index contributed by atoms with van der Waals surface area (Å²) in [4.78, 5) is 2.41. The van der Waals surface area contributed by atoms with Gasteiger partial charge in [-0.15, -0.1) is 0 Å². The van der Waals surface area contributed by atoms with Gasteiger partial charge >= 0.3 is 0 Å². The van der Waals surface area contributed by atoms with Gasteiger partial charge in [-0.05, 0) is 44.4 Å². The smallest absolute Gasteiger partial charge is 0.0399 e. The Morgan fingerprint density at radius 3 is 2.67 bits per heavy atom. The fraction of sp³-hybridized carbons (Fsp3) is 0.538. The summed E-state index contributed by atoms with van der Waals surface area (Å²) in [6.07, 6.45) is 1.08. The quantitative estimate of drug-likeness (QED) is 0.760. The maximum Gasteiger partial charge on any atom is 0.0399 e. The molecule has 0 bridgehead atoms. The van der Waals surface area contributed by atoms with Gasteiger partial charge in [-0.1, -0.05) is 12.1 Å². The van der Waals surface area contributed by atoms with E-state index in [2.05, 4.69) is 43.9 Å². The summed E-state index contributed by atoms with van der Waals surface area (Å²) in [5.41, 5.74) is 10.2. The van der Waals surface area contributed by atoms with Crippen molar-refractivity contribution >= 4 is 5.69 Å². The molecule has 0 aliphatic carbocycles. The minimum absolute atomic E-state index is 0.0177. The molecule has 0 radical (unpaired) electrons. The molecule has 82 valence electrons. The molecule has 1 aliphatic rings. The summed E-state index contributed by atoms with van der Waals surface area (Å²) in [6, 6.07) is 6.62. The van der Waals surface area contributed by atoms with Crippen LogP contribution in [0, 0.1) is 13.8 Å². The van der Waals surface area contributed by atoms with Crippen LogP contribution < -0.4 is 10.6 Å². The van der Waals surface area contributed by atoms with Gasteiger partial charge in [0.15, 0.2) is 0 Å². The molecule has 1 atom stereocenters. The minimum Gasteiger partial charge on any atom is -0.369 e. The molecule has 2 N–H and O–H groups in total. The largest absolute Gasteiger partial charge is 0.369 e. The first kappa shape index (κ1) is 10.5. The fourth-order valence-corrected chi connectivity index (χ4v) is 2.25. The van der Waals surface area contributed by atoms with Gasteiger partial charge in [-0.3, -0.25) is 0 Å². The highest BCUT2D eigenvalue weighted by Crippen LogP contribution is 2.28. The number of nitrogens with zero attached hydrogens (tertiary/aromatic N) is 1. The number of hydrogen-bond acceptors (Lipinski definition) is 2. The molecule has 1 fully saturated rings. The molecule has 0 spiro atoms. The second kappa shape index (κ2) is 3.53. The van der Waals surface area contributed by atoms with Crippen molar-refractivity contribution < 1.29 is 0 Å². The second-order valence-corrected chi connectivity index (χ2v) is 5.12. The van der Waals surface area contributed by atoms with Crippen molar-refractivity contribution in [3.05, 3.63) is 29.3 Å². The number of rotatable bonds is 1. The fourth-order valence-electron chi connectivity index (χ4n) is 2.25. The Morgan fingerprint density at radius 2 is 2.07 bits per heavy atom. The molecule has 2 heteroatoms. The molecule has 2 rings (SSSR count). The molecule has 15 heavy (non-hydrogen) atoms. The van der Waals surface area contributed by atoms with Crippen LogP contribution in [-0.4, -0.2) is 18.6 Å². The molecule has 0 amide bonds. The zero-order valence-electron chi connectivity index (χ0n) is 9.88. The van der Waals surface area contributed by atoms with Gasteiger partial charge in [0, 0.05) is 24.3 Å². The molecule has 0 saturated carbocycles. The van der Waals surface area contributed by atoms with Gasteiger partial charge in [0.2, 0.25) is 0 Å². The minimum atomic E-state index is -0.0177. The van der Waals surface area contributed by atoms with Crippen molar-refractivity contribution in [1.29, 1.82) is 0 Å². The van der Waals surface area contributed by atoms with Gasteiger partial charge in [-0.25, -0.2) is 0 Å². The van der Waals surface area contributed by atoms with E-state index in [1.165, 1.54) is 16.8 Å². The molecule has 1 aromatic carbocycles. The Labute approximate surface area is 92.1 Å². The number of aryl methyl sites for hydroxylation is 2. The Morgan fingerprint density at radius 1 is 1.33 bits per heavy atom. The number of hydrogen-bond donors (Lipinski definition) is 1. The standard InChI is InChI=1S/C13H20N2/c1-10-4-5-11(2)12(8-10)15-7-6-13(3,14)9-15/h4-5,8H,6-7,9,14H2,1-3H3. The van der Waals surface area contributed by atoms with Crippen LogP contribution in [0.5, 0.6) is 0 Å². The van der Waals surface area contributed by atoms with E-state index in [0.717, 1.165) is 19.5 Å². The molecule has 0 aromatic heterocycles. The molecular weight excluding hydrogens is 184 g/mol. The van der Waals surface area contributed by atoms with Crippen LogP contribution in [0.3, 0.4) is 0 Å². The predicted octanol–water partition coefficient (Wildman–Crippen LogP) is 2.23. The topological polar surface area (TPSA) is 29.3 Å². The van der Waals surface area contributed by atoms with Crippen molar-refractivity contribution in [3.8, 4) is 0 Å². The average Bonchev–Trinajstić information content (AvgIpc) is 2.50. The number of anilines is 1. The first-order chi connectivity index (χ1) is 6.98. The van der Waals surface area contributed by atoms with Crippen molar-refractivity contribution in [1.82, 2.24) is 0 Å². The summed E-state index contributed by atoms with van der Waals surface area (Å²) in [6.45, 7) is 8.49. The third kappa shape index (κ3) is 2.15. The van der Waals surface area contributed by atoms with Crippen LogP contribution in [0.1, 0.15) is 24.5 Å². The predicted molar refractivity (Wildman–Crippen MR) is 65.3 cm³/mol. The maximum absolute atomic E-state index is 6.15. The van der Waals surface area contributed by atoms with Crippen LogP contribution in [0.4, 0.5) is 5.69 Å². The van der Waals surface area contributed by atoms with Crippen molar-refractivity contribution in [2.75, 3.05) is 18.0 Å². The third-order valence-corrected chi connectivity index (χ3v) is 3.21. The normalized spacial score (nSPS) is 26.0. The zero-order chi connectivity index (χ0) is 11.1. The van der Waals surface area contributed by atoms with Crippen molar-refractivity contribution in [2.24, 2.45) is 5.73 Å². The van der Waals surface area contributed by atoms with Crippen LogP contribution >= 0.6 is 0 Å². The molecule has 1 aliphatic heterocycles. The van der Waals surface area contributed by atoms with Crippen LogP contribution in [0.2, 0.25) is 0 Å². The lowest BCUT2D eigenvalue weighted by atomic mass is 10.0. The Balaban J connectivity index is 2.27. The highest BCUT2D eigenvalue weighted by Gasteiger charge is 2.30. The van der Waals surface area contributed by atoms with E-state index in [-0.39, 0.29) is 5.54 Å². The number of benzene rings is 1. The summed E-state index contributed by atoms with van der Waals surface area (Å²) < 4.78 is 0. The summed E-state index contributed by atoms with van der Waals surface area (Å²) in [5, 5.41) is 0. The lowest BCUT2D eigenvalue weighted by Crippen LogP contribution is -2.39. The van der Waals surface area contributed by atoms with Gasteiger partial charge in [0.05, 0.1) is 0 Å². The SMILES string of the molecule is Cc1ccc(C)c(N2CCC(C)(N)C2)c1. The molecule has 1 aromatic rings. The van der Waals surface area contributed by atoms with Gasteiger partial charge in [0.25, 0.3) is 0 Å². The van der Waals surface area contributed by atoms with Gasteiger partial charge in [0.1, 0.15) is 0 Å². The van der Waals surface area contributed by atoms with Gasteiger partial charge < -0.3 is 10.6 Å². The molecule has 1 unspecified atom stereocenters. The monoisotopic (exact) mass is 204 g/mol. The summed E-state index contributed by atoms with van der Waals surface area (Å²) in [7, 11) is 0. The van der Waals surface area contributed by atoms with Crippen molar-refractivity contribution in [3.63, 3.8) is 0 Å². The first-order valence-electron chi connectivity index (χ1n) is 5.59. The maximum atomic E-state index is 6.15. The van der Waals surface area contributed by atoms with E-state index in [1.54, 1.807) is 0 Å². The lowest BCUT2D eigenvalue weighted by molar-refractivity contribution is 0.525. The zero-order valence-corrected chi connectivity index (χ0v) is 9.88. The Hall–Kier alpha value is -1.02. The van der Waals surface area contributed by atoms with E-state index in [4.69, 9.17) is 5.73 Å². The molecule has 1 heterocycles. The highest BCUT2D eigenvalue weighted by atomic mass is 15.2. The Kier molecular flexibility index (Phi) is 2.47. The van der Waals surface area contributed by atoms with Crippen LogP contribution in [0.25, 0.3) is 0 Å². The highest BCUT2D eigenvalue weighted by molar-refractivity contribution is 5.56. The van der Waals surface area contributed by atoms with E-state index in [9.17, 15) is 0 Å². The molecule has 1 saturated heterocycles. The van der Waals surface area contributed by atoms with Crippen LogP contribution in [-0.2, 0) is 0 Å². The molecule has 2 nitrogen and oxygen atoms in total. The summed E-state index contributed by atoms with van der Waals surface area (Å²) >= 11 is 0. The lowest BCUT2D eigenvalue weighted by Gasteiger charge is -2.23. The Bertz CT molecular complexity index is 369. The average molecular weight is 204 g/mol. The van der Waals surface area contributed by atoms with E-state index >= 15 is 0 Å². The molecular formula is C13H20N2. The number of nitrogens with two attached hydrogens (primary N) is 1. The second-order valence-electron chi connectivity index (χ2n) is 5.12. The summed E-state index contributed by atoms with van der Waals surface area (Å²) in [5.74, 6) is 0.